The fraction of sp³-hybridized carbons (Fsp3) is 0.250. The smallest absolute Gasteiger partial charge is 0.282 e. The van der Waals surface area contributed by atoms with Crippen molar-refractivity contribution in [2.24, 2.45) is 0 Å². The summed E-state index contributed by atoms with van der Waals surface area (Å²) >= 11 is 1.70. The highest BCUT2D eigenvalue weighted by Gasteiger charge is 2.22. The number of thiophene rings is 1. The summed E-state index contributed by atoms with van der Waals surface area (Å²) in [7, 11) is 2.01. The van der Waals surface area contributed by atoms with E-state index in [1.165, 1.54) is 4.88 Å². The minimum absolute atomic E-state index is 0.0425. The predicted molar refractivity (Wildman–Crippen MR) is 84.2 cm³/mol. The summed E-state index contributed by atoms with van der Waals surface area (Å²) in [6, 6.07) is 12.9. The summed E-state index contributed by atoms with van der Waals surface area (Å²) in [4.78, 5) is 14.7. The molecule has 4 nitrogen and oxygen atoms in total. The molecular weight excluding hydrogens is 282 g/mol. The molecule has 1 heterocycles. The fourth-order valence-electron chi connectivity index (χ4n) is 1.98. The van der Waals surface area contributed by atoms with Gasteiger partial charge in [-0.05, 0) is 36.6 Å². The zero-order valence-electron chi connectivity index (χ0n) is 12.1. The van der Waals surface area contributed by atoms with E-state index < -0.39 is 0 Å². The number of hydrogen-bond donors (Lipinski definition) is 2. The summed E-state index contributed by atoms with van der Waals surface area (Å²) in [5, 5.41) is 13.8. The molecule has 0 radical (unpaired) electrons. The molecule has 0 aliphatic heterocycles. The summed E-state index contributed by atoms with van der Waals surface area (Å²) in [5.41, 5.74) is 1.20. The standard InChI is InChI=1S/C16H17N3OS/c1-12(19(2)11-15-7-4-8-21-15)16(20)18-14-6-3-5-13(9-14)10-17/h3-9,12H,11H2,1-2H3,(H,18,20)/p+1/t12-/m0/s1. The second-order valence-electron chi connectivity index (χ2n) is 5.01. The number of anilines is 1. The molecule has 108 valence electrons. The van der Waals surface area contributed by atoms with Gasteiger partial charge in [-0.1, -0.05) is 12.1 Å². The topological polar surface area (TPSA) is 57.3 Å². The maximum Gasteiger partial charge on any atom is 0.282 e. The molecule has 0 aliphatic carbocycles. The van der Waals surface area contributed by atoms with Crippen LogP contribution in [0.1, 0.15) is 17.4 Å². The number of nitrogens with zero attached hydrogens (tertiary/aromatic N) is 1. The minimum atomic E-state index is -0.169. The SMILES string of the molecule is C[C@@H](C(=O)Nc1cccc(C#N)c1)[NH+](C)Cc1cccs1. The van der Waals surface area contributed by atoms with Gasteiger partial charge in [-0.3, -0.25) is 4.79 Å². The van der Waals surface area contributed by atoms with Gasteiger partial charge in [0.05, 0.1) is 23.6 Å². The first-order chi connectivity index (χ1) is 10.1. The molecule has 1 aromatic carbocycles. The number of nitriles is 1. The quantitative estimate of drug-likeness (QED) is 0.882. The van der Waals surface area contributed by atoms with Crippen LogP contribution in [0.15, 0.2) is 41.8 Å². The lowest BCUT2D eigenvalue weighted by Gasteiger charge is -2.20. The number of nitrogens with one attached hydrogen (secondary N) is 2. The van der Waals surface area contributed by atoms with Crippen LogP contribution in [-0.2, 0) is 11.3 Å². The maximum atomic E-state index is 12.3. The van der Waals surface area contributed by atoms with Crippen LogP contribution >= 0.6 is 11.3 Å². The van der Waals surface area contributed by atoms with Gasteiger partial charge in [0.15, 0.2) is 6.04 Å². The highest BCUT2D eigenvalue weighted by atomic mass is 32.1. The molecule has 0 saturated heterocycles. The third-order valence-electron chi connectivity index (χ3n) is 3.42. The van der Waals surface area contributed by atoms with E-state index in [-0.39, 0.29) is 11.9 Å². The molecule has 1 unspecified atom stereocenters. The van der Waals surface area contributed by atoms with Gasteiger partial charge in [0, 0.05) is 5.69 Å². The zero-order valence-corrected chi connectivity index (χ0v) is 12.9. The Morgan fingerprint density at radius 1 is 1.43 bits per heavy atom. The number of benzene rings is 1. The number of likely N-dealkylation sites (N-methyl/N-ethyl adjacent to an activating group) is 1. The van der Waals surface area contributed by atoms with E-state index in [1.807, 2.05) is 25.4 Å². The van der Waals surface area contributed by atoms with Crippen LogP contribution in [0.4, 0.5) is 5.69 Å². The van der Waals surface area contributed by atoms with Crippen LogP contribution in [0.5, 0.6) is 0 Å². The van der Waals surface area contributed by atoms with Crippen molar-refractivity contribution in [2.75, 3.05) is 12.4 Å². The first kappa shape index (κ1) is 15.2. The van der Waals surface area contributed by atoms with Gasteiger partial charge in [-0.15, -0.1) is 11.3 Å². The van der Waals surface area contributed by atoms with Crippen LogP contribution in [-0.4, -0.2) is 19.0 Å². The molecule has 21 heavy (non-hydrogen) atoms. The van der Waals surface area contributed by atoms with Crippen LogP contribution in [0.2, 0.25) is 0 Å². The molecule has 2 aromatic rings. The van der Waals surface area contributed by atoms with Crippen molar-refractivity contribution >= 4 is 22.9 Å². The van der Waals surface area contributed by atoms with Gasteiger partial charge in [-0.25, -0.2) is 0 Å². The first-order valence-corrected chi connectivity index (χ1v) is 7.64. The number of hydrogen-bond acceptors (Lipinski definition) is 3. The molecule has 5 heteroatoms. The van der Waals surface area contributed by atoms with Crippen molar-refractivity contribution < 1.29 is 9.69 Å². The molecule has 2 N–H and O–H groups in total. The molecular formula is C16H18N3OS+. The van der Waals surface area contributed by atoms with Crippen LogP contribution in [0.25, 0.3) is 0 Å². The van der Waals surface area contributed by atoms with Gasteiger partial charge < -0.3 is 10.2 Å². The first-order valence-electron chi connectivity index (χ1n) is 6.76. The van der Waals surface area contributed by atoms with Crippen molar-refractivity contribution in [3.05, 3.63) is 52.2 Å². The van der Waals surface area contributed by atoms with Gasteiger partial charge in [0.2, 0.25) is 0 Å². The Labute approximate surface area is 128 Å². The Morgan fingerprint density at radius 2 is 2.24 bits per heavy atom. The molecule has 1 aromatic heterocycles. The molecule has 2 atom stereocenters. The van der Waals surface area contributed by atoms with Gasteiger partial charge in [-0.2, -0.15) is 5.26 Å². The highest BCUT2D eigenvalue weighted by Crippen LogP contribution is 2.10. The number of rotatable bonds is 5. The minimum Gasteiger partial charge on any atom is -0.323 e. The molecule has 2 rings (SSSR count). The van der Waals surface area contributed by atoms with E-state index in [0.29, 0.717) is 11.3 Å². The normalized spacial score (nSPS) is 13.2. The second kappa shape index (κ2) is 7.02. The van der Waals surface area contributed by atoms with Crippen molar-refractivity contribution in [1.82, 2.24) is 0 Å². The van der Waals surface area contributed by atoms with Crippen LogP contribution in [0.3, 0.4) is 0 Å². The average Bonchev–Trinajstić information content (AvgIpc) is 2.99. The fourth-order valence-corrected chi connectivity index (χ4v) is 2.78. The molecule has 0 aliphatic rings. The number of amides is 1. The average molecular weight is 300 g/mol. The van der Waals surface area contributed by atoms with Crippen molar-refractivity contribution in [3.63, 3.8) is 0 Å². The molecule has 1 amide bonds. The molecule has 0 spiro atoms. The highest BCUT2D eigenvalue weighted by molar-refractivity contribution is 7.09. The monoisotopic (exact) mass is 300 g/mol. The number of quaternary nitrogens is 1. The van der Waals surface area contributed by atoms with E-state index in [0.717, 1.165) is 11.4 Å². The van der Waals surface area contributed by atoms with Crippen molar-refractivity contribution in [2.45, 2.75) is 19.5 Å². The summed E-state index contributed by atoms with van der Waals surface area (Å²) in [5.74, 6) is -0.0425. The summed E-state index contributed by atoms with van der Waals surface area (Å²) in [6.45, 7) is 2.73. The second-order valence-corrected chi connectivity index (χ2v) is 6.04. The Bertz CT molecular complexity index is 646. The van der Waals surface area contributed by atoms with Crippen LogP contribution < -0.4 is 10.2 Å². The summed E-state index contributed by atoms with van der Waals surface area (Å²) < 4.78 is 0. The molecule has 0 bridgehead atoms. The van der Waals surface area contributed by atoms with Gasteiger partial charge in [0.1, 0.15) is 6.54 Å². The third kappa shape index (κ3) is 4.15. The lowest BCUT2D eigenvalue weighted by atomic mass is 10.2. The van der Waals surface area contributed by atoms with Crippen molar-refractivity contribution in [3.8, 4) is 6.07 Å². The molecule has 0 fully saturated rings. The number of carbonyl (C=O) groups excluding carboxylic acids is 1. The van der Waals surface area contributed by atoms with E-state index in [4.69, 9.17) is 5.26 Å². The molecule has 0 saturated carbocycles. The Kier molecular flexibility index (Phi) is 5.09. The zero-order chi connectivity index (χ0) is 15.2. The lowest BCUT2D eigenvalue weighted by molar-refractivity contribution is -0.907. The van der Waals surface area contributed by atoms with Gasteiger partial charge >= 0.3 is 0 Å². The largest absolute Gasteiger partial charge is 0.323 e. The van der Waals surface area contributed by atoms with Crippen molar-refractivity contribution in [1.29, 1.82) is 5.26 Å². The van der Waals surface area contributed by atoms with Gasteiger partial charge in [0.25, 0.3) is 5.91 Å². The lowest BCUT2D eigenvalue weighted by Crippen LogP contribution is -3.12. The predicted octanol–water partition coefficient (Wildman–Crippen LogP) is 1.66. The third-order valence-corrected chi connectivity index (χ3v) is 4.30. The van der Waals surface area contributed by atoms with E-state index in [2.05, 4.69) is 17.5 Å². The van der Waals surface area contributed by atoms with E-state index in [9.17, 15) is 4.79 Å². The van der Waals surface area contributed by atoms with E-state index in [1.54, 1.807) is 35.6 Å². The van der Waals surface area contributed by atoms with E-state index >= 15 is 0 Å². The Morgan fingerprint density at radius 3 is 2.90 bits per heavy atom. The maximum absolute atomic E-state index is 12.3. The Balaban J connectivity index is 1.97. The Hall–Kier alpha value is -2.16. The number of carbonyl (C=O) groups is 1. The summed E-state index contributed by atoms with van der Waals surface area (Å²) in [6.07, 6.45) is 0. The van der Waals surface area contributed by atoms with Crippen LogP contribution in [0, 0.1) is 11.3 Å².